The van der Waals surface area contributed by atoms with Crippen molar-refractivity contribution in [1.29, 1.82) is 0 Å². The molecule has 3 N–H and O–H groups in total. The van der Waals surface area contributed by atoms with Gasteiger partial charge in [-0.15, -0.1) is 0 Å². The monoisotopic (exact) mass is 218 g/mol. The number of nitrogens with one attached hydrogen (secondary N) is 1. The van der Waals surface area contributed by atoms with E-state index in [-0.39, 0.29) is 6.42 Å². The molecule has 82 valence electrons. The van der Waals surface area contributed by atoms with E-state index < -0.39 is 12.1 Å². The van der Waals surface area contributed by atoms with Crippen LogP contribution >= 0.6 is 0 Å². The maximum Gasteiger partial charge on any atom is 0.412 e. The Morgan fingerprint density at radius 1 is 1.31 bits per heavy atom. The Labute approximate surface area is 91.2 Å². The van der Waals surface area contributed by atoms with E-state index >= 15 is 0 Å². The Morgan fingerprint density at radius 3 is 2.81 bits per heavy atom. The number of para-hydroxylation sites is 1. The summed E-state index contributed by atoms with van der Waals surface area (Å²) in [5, 5.41) is 0.934. The molecule has 1 aromatic carbocycles. The summed E-state index contributed by atoms with van der Waals surface area (Å²) in [6.45, 7) is 0. The van der Waals surface area contributed by atoms with Gasteiger partial charge in [0.1, 0.15) is 0 Å². The van der Waals surface area contributed by atoms with Gasteiger partial charge in [-0.3, -0.25) is 4.79 Å². The van der Waals surface area contributed by atoms with Crippen LogP contribution in [0.1, 0.15) is 5.56 Å². The van der Waals surface area contributed by atoms with Crippen molar-refractivity contribution in [1.82, 2.24) is 4.98 Å². The predicted octanol–water partition coefficient (Wildman–Crippen LogP) is 1.33. The number of primary amides is 1. The van der Waals surface area contributed by atoms with Gasteiger partial charge in [0.25, 0.3) is 0 Å². The molecule has 0 aliphatic carbocycles. The minimum atomic E-state index is -1.08. The molecule has 0 unspecified atom stereocenters. The fourth-order valence-electron chi connectivity index (χ4n) is 1.58. The van der Waals surface area contributed by atoms with Crippen molar-refractivity contribution < 1.29 is 14.3 Å². The fraction of sp³-hybridized carbons (Fsp3) is 0.0909. The fourth-order valence-corrected chi connectivity index (χ4v) is 1.58. The minimum Gasteiger partial charge on any atom is -0.376 e. The van der Waals surface area contributed by atoms with Gasteiger partial charge in [-0.05, 0) is 11.6 Å². The lowest BCUT2D eigenvalue weighted by molar-refractivity contribution is -0.136. The average Bonchev–Trinajstić information content (AvgIpc) is 2.61. The highest BCUT2D eigenvalue weighted by atomic mass is 16.6. The van der Waals surface area contributed by atoms with Crippen molar-refractivity contribution in [2.75, 3.05) is 0 Å². The summed E-state index contributed by atoms with van der Waals surface area (Å²) >= 11 is 0. The third-order valence-corrected chi connectivity index (χ3v) is 2.22. The number of esters is 1. The van der Waals surface area contributed by atoms with E-state index in [9.17, 15) is 9.59 Å². The van der Waals surface area contributed by atoms with Gasteiger partial charge in [-0.1, -0.05) is 18.2 Å². The minimum absolute atomic E-state index is 0.0208. The van der Waals surface area contributed by atoms with Crippen LogP contribution in [-0.4, -0.2) is 17.0 Å². The number of carbonyl (C=O) groups excluding carboxylic acids is 2. The summed E-state index contributed by atoms with van der Waals surface area (Å²) in [4.78, 5) is 24.6. The molecule has 1 aromatic heterocycles. The van der Waals surface area contributed by atoms with Crippen molar-refractivity contribution in [3.63, 3.8) is 0 Å². The summed E-state index contributed by atoms with van der Waals surface area (Å²) in [5.41, 5.74) is 6.46. The van der Waals surface area contributed by atoms with Gasteiger partial charge >= 0.3 is 12.1 Å². The summed E-state index contributed by atoms with van der Waals surface area (Å²) in [5.74, 6) is -0.655. The van der Waals surface area contributed by atoms with Crippen LogP contribution in [0.25, 0.3) is 10.9 Å². The standard InChI is InChI=1S/C11H10N2O3/c12-11(15)16-10(14)5-7-6-13-9-4-2-1-3-8(7)9/h1-4,6,13H,5H2,(H2,12,15). The molecule has 0 bridgehead atoms. The van der Waals surface area contributed by atoms with Crippen LogP contribution in [0.15, 0.2) is 30.5 Å². The second-order valence-electron chi connectivity index (χ2n) is 3.33. The number of aromatic amines is 1. The van der Waals surface area contributed by atoms with E-state index in [1.165, 1.54) is 0 Å². The molecule has 0 radical (unpaired) electrons. The van der Waals surface area contributed by atoms with Crippen molar-refractivity contribution in [3.8, 4) is 0 Å². The topological polar surface area (TPSA) is 85.2 Å². The van der Waals surface area contributed by atoms with Crippen LogP contribution < -0.4 is 5.73 Å². The SMILES string of the molecule is NC(=O)OC(=O)Cc1c[nH]c2ccccc12. The Hall–Kier alpha value is -2.30. The number of nitrogens with two attached hydrogens (primary N) is 1. The number of ether oxygens (including phenoxy) is 1. The molecule has 5 heteroatoms. The molecule has 0 saturated carbocycles. The Balaban J connectivity index is 2.21. The first-order valence-electron chi connectivity index (χ1n) is 4.72. The lowest BCUT2D eigenvalue weighted by Crippen LogP contribution is -2.19. The number of benzene rings is 1. The zero-order valence-electron chi connectivity index (χ0n) is 8.40. The normalized spacial score (nSPS) is 10.2. The number of rotatable bonds is 2. The van der Waals surface area contributed by atoms with Crippen LogP contribution in [0.4, 0.5) is 4.79 Å². The van der Waals surface area contributed by atoms with Gasteiger partial charge in [0, 0.05) is 17.1 Å². The third kappa shape index (κ3) is 2.03. The second-order valence-corrected chi connectivity index (χ2v) is 3.33. The van der Waals surface area contributed by atoms with E-state index in [0.717, 1.165) is 16.5 Å². The number of aromatic nitrogens is 1. The Bertz CT molecular complexity index is 545. The summed E-state index contributed by atoms with van der Waals surface area (Å²) in [7, 11) is 0. The summed E-state index contributed by atoms with van der Waals surface area (Å²) in [6.07, 6.45) is 0.657. The lowest BCUT2D eigenvalue weighted by Gasteiger charge is -1.98. The molecule has 0 saturated heterocycles. The molecule has 0 aliphatic heterocycles. The maximum absolute atomic E-state index is 11.2. The number of hydrogen-bond donors (Lipinski definition) is 2. The van der Waals surface area contributed by atoms with Gasteiger partial charge < -0.3 is 15.5 Å². The average molecular weight is 218 g/mol. The Kier molecular flexibility index (Phi) is 2.59. The van der Waals surface area contributed by atoms with Crippen LogP contribution in [0.3, 0.4) is 0 Å². The maximum atomic E-state index is 11.2. The van der Waals surface area contributed by atoms with Crippen molar-refractivity contribution >= 4 is 23.0 Å². The number of carbonyl (C=O) groups is 2. The van der Waals surface area contributed by atoms with Crippen LogP contribution in [0.2, 0.25) is 0 Å². The van der Waals surface area contributed by atoms with E-state index in [2.05, 4.69) is 9.72 Å². The van der Waals surface area contributed by atoms with Crippen LogP contribution in [0, 0.1) is 0 Å². The molecule has 16 heavy (non-hydrogen) atoms. The van der Waals surface area contributed by atoms with Crippen LogP contribution in [-0.2, 0) is 16.0 Å². The lowest BCUT2D eigenvalue weighted by atomic mass is 10.1. The number of fused-ring (bicyclic) bond motifs is 1. The van der Waals surface area contributed by atoms with Crippen molar-refractivity contribution in [2.45, 2.75) is 6.42 Å². The third-order valence-electron chi connectivity index (χ3n) is 2.22. The number of hydrogen-bond acceptors (Lipinski definition) is 3. The first kappa shape index (κ1) is 10.2. The predicted molar refractivity (Wildman–Crippen MR) is 57.7 cm³/mol. The zero-order chi connectivity index (χ0) is 11.5. The van der Waals surface area contributed by atoms with Gasteiger partial charge in [0.15, 0.2) is 0 Å². The number of amides is 1. The van der Waals surface area contributed by atoms with Gasteiger partial charge in [-0.2, -0.15) is 0 Å². The highest BCUT2D eigenvalue weighted by Gasteiger charge is 2.11. The molecule has 1 heterocycles. The van der Waals surface area contributed by atoms with E-state index in [0.29, 0.717) is 0 Å². The van der Waals surface area contributed by atoms with Gasteiger partial charge in [0.05, 0.1) is 6.42 Å². The van der Waals surface area contributed by atoms with E-state index in [4.69, 9.17) is 5.73 Å². The van der Waals surface area contributed by atoms with E-state index in [1.807, 2.05) is 24.3 Å². The van der Waals surface area contributed by atoms with Crippen molar-refractivity contribution in [3.05, 3.63) is 36.0 Å². The molecule has 2 rings (SSSR count). The largest absolute Gasteiger partial charge is 0.412 e. The highest BCUT2D eigenvalue weighted by Crippen LogP contribution is 2.18. The molecular formula is C11H10N2O3. The summed E-state index contributed by atoms with van der Waals surface area (Å²) < 4.78 is 4.26. The molecule has 2 aromatic rings. The highest BCUT2D eigenvalue weighted by molar-refractivity contribution is 5.90. The van der Waals surface area contributed by atoms with Crippen LogP contribution in [0.5, 0.6) is 0 Å². The molecule has 1 amide bonds. The van der Waals surface area contributed by atoms with Gasteiger partial charge in [0.2, 0.25) is 0 Å². The number of H-pyrrole nitrogens is 1. The Morgan fingerprint density at radius 2 is 2.06 bits per heavy atom. The zero-order valence-corrected chi connectivity index (χ0v) is 8.40. The molecule has 0 aliphatic rings. The van der Waals surface area contributed by atoms with Crippen molar-refractivity contribution in [2.24, 2.45) is 5.73 Å². The second kappa shape index (κ2) is 4.06. The summed E-state index contributed by atoms with van der Waals surface area (Å²) in [6, 6.07) is 7.56. The molecule has 5 nitrogen and oxygen atoms in total. The van der Waals surface area contributed by atoms with E-state index in [1.54, 1.807) is 6.20 Å². The quantitative estimate of drug-likeness (QED) is 0.589. The first-order chi connectivity index (χ1) is 7.66. The molecular weight excluding hydrogens is 208 g/mol. The molecule has 0 fully saturated rings. The smallest absolute Gasteiger partial charge is 0.376 e. The molecule has 0 atom stereocenters. The molecule has 0 spiro atoms. The first-order valence-corrected chi connectivity index (χ1v) is 4.72. The van der Waals surface area contributed by atoms with Gasteiger partial charge in [-0.25, -0.2) is 4.79 Å².